The number of thioether (sulfide) groups is 1. The Labute approximate surface area is 126 Å². The van der Waals surface area contributed by atoms with Gasteiger partial charge in [0.2, 0.25) is 0 Å². The Kier molecular flexibility index (Phi) is 4.77. The van der Waals surface area contributed by atoms with Gasteiger partial charge in [-0.1, -0.05) is 23.7 Å². The van der Waals surface area contributed by atoms with Crippen LogP contribution in [-0.2, 0) is 11.3 Å². The molecule has 1 atom stereocenters. The van der Waals surface area contributed by atoms with E-state index in [1.165, 1.54) is 21.6 Å². The van der Waals surface area contributed by atoms with E-state index in [0.29, 0.717) is 23.2 Å². The van der Waals surface area contributed by atoms with E-state index in [1.807, 2.05) is 12.1 Å². The summed E-state index contributed by atoms with van der Waals surface area (Å²) in [5, 5.41) is 9.74. The molecule has 1 aliphatic rings. The number of urea groups is 1. The van der Waals surface area contributed by atoms with Crippen LogP contribution in [0.5, 0.6) is 0 Å². The number of carboxylic acids is 1. The zero-order chi connectivity index (χ0) is 14.7. The Morgan fingerprint density at radius 3 is 2.70 bits per heavy atom. The van der Waals surface area contributed by atoms with Crippen molar-refractivity contribution in [2.45, 2.75) is 12.6 Å². The number of amides is 2. The summed E-state index contributed by atoms with van der Waals surface area (Å²) in [4.78, 5) is 26.3. The lowest BCUT2D eigenvalue weighted by Crippen LogP contribution is -2.47. The molecule has 1 aromatic rings. The second kappa shape index (κ2) is 6.37. The van der Waals surface area contributed by atoms with Gasteiger partial charge in [0.1, 0.15) is 6.04 Å². The summed E-state index contributed by atoms with van der Waals surface area (Å²) in [5.41, 5.74) is 0.948. The predicted molar refractivity (Wildman–Crippen MR) is 78.9 cm³/mol. The fourth-order valence-corrected chi connectivity index (χ4v) is 3.25. The van der Waals surface area contributed by atoms with Crippen LogP contribution < -0.4 is 0 Å². The number of carbonyl (C=O) groups excluding carboxylic acids is 1. The summed E-state index contributed by atoms with van der Waals surface area (Å²) in [6.45, 7) is 0.420. The summed E-state index contributed by atoms with van der Waals surface area (Å²) < 4.78 is 0. The fourth-order valence-electron chi connectivity index (χ4n) is 1.99. The third kappa shape index (κ3) is 3.37. The second-order valence-electron chi connectivity index (χ2n) is 4.59. The van der Waals surface area contributed by atoms with Crippen LogP contribution in [0.15, 0.2) is 24.3 Å². The smallest absolute Gasteiger partial charge is 0.327 e. The Morgan fingerprint density at radius 2 is 2.10 bits per heavy atom. The van der Waals surface area contributed by atoms with Crippen LogP contribution in [0.25, 0.3) is 0 Å². The number of carboxylic acid groups (broad SMARTS) is 1. The molecule has 1 N–H and O–H groups in total. The minimum atomic E-state index is -0.955. The Hall–Kier alpha value is -1.40. The van der Waals surface area contributed by atoms with E-state index in [2.05, 4.69) is 0 Å². The van der Waals surface area contributed by atoms with Crippen molar-refractivity contribution in [3.63, 3.8) is 0 Å². The molecule has 20 heavy (non-hydrogen) atoms. The third-order valence-corrected chi connectivity index (χ3v) is 4.34. The van der Waals surface area contributed by atoms with Gasteiger partial charge in [0.05, 0.1) is 5.88 Å². The summed E-state index contributed by atoms with van der Waals surface area (Å²) in [6.07, 6.45) is 0. The van der Waals surface area contributed by atoms with Gasteiger partial charge in [-0.2, -0.15) is 0 Å². The highest BCUT2D eigenvalue weighted by molar-refractivity contribution is 7.99. The molecule has 1 aliphatic heterocycles. The van der Waals surface area contributed by atoms with Gasteiger partial charge in [-0.05, 0) is 17.7 Å². The van der Waals surface area contributed by atoms with Crippen LogP contribution in [0, 0.1) is 0 Å². The third-order valence-electron chi connectivity index (χ3n) is 3.07. The highest BCUT2D eigenvalue weighted by Gasteiger charge is 2.35. The molecule has 5 nitrogen and oxygen atoms in total. The molecule has 7 heteroatoms. The van der Waals surface area contributed by atoms with Gasteiger partial charge in [-0.3, -0.25) is 0 Å². The van der Waals surface area contributed by atoms with Crippen molar-refractivity contribution in [2.24, 2.45) is 0 Å². The molecule has 0 spiro atoms. The molecular formula is C13H15ClN2O3S. The molecule has 0 unspecified atom stereocenters. The van der Waals surface area contributed by atoms with Gasteiger partial charge >= 0.3 is 12.0 Å². The lowest BCUT2D eigenvalue weighted by atomic mass is 10.2. The molecule has 2 rings (SSSR count). The van der Waals surface area contributed by atoms with Crippen molar-refractivity contribution >= 4 is 35.4 Å². The van der Waals surface area contributed by atoms with Crippen LogP contribution in [0.4, 0.5) is 4.79 Å². The standard InChI is InChI=1S/C13H15ClN2O3S/c1-15(6-9-2-4-10(14)5-3-9)13(19)16-8-20-7-11(16)12(17)18/h2-5,11H,6-8H2,1H3,(H,17,18)/t11-/m0/s1. The molecule has 0 aromatic heterocycles. The first kappa shape index (κ1) is 15.0. The molecule has 0 bridgehead atoms. The molecule has 1 heterocycles. The molecule has 1 aromatic carbocycles. The molecule has 0 aliphatic carbocycles. The summed E-state index contributed by atoms with van der Waals surface area (Å²) in [5.74, 6) is -0.0976. The van der Waals surface area contributed by atoms with E-state index in [4.69, 9.17) is 16.7 Å². The Bertz CT molecular complexity index is 509. The van der Waals surface area contributed by atoms with E-state index < -0.39 is 12.0 Å². The summed E-state index contributed by atoms with van der Waals surface area (Å²) in [7, 11) is 1.67. The van der Waals surface area contributed by atoms with Gasteiger partial charge < -0.3 is 14.9 Å². The van der Waals surface area contributed by atoms with E-state index in [-0.39, 0.29) is 6.03 Å². The predicted octanol–water partition coefficient (Wildman–Crippen LogP) is 2.35. The first-order valence-electron chi connectivity index (χ1n) is 6.06. The monoisotopic (exact) mass is 314 g/mol. The summed E-state index contributed by atoms with van der Waals surface area (Å²) in [6, 6.07) is 6.22. The van der Waals surface area contributed by atoms with E-state index in [0.717, 1.165) is 5.56 Å². The SMILES string of the molecule is CN(Cc1ccc(Cl)cc1)C(=O)N1CSC[C@H]1C(=O)O. The number of halogens is 1. The lowest BCUT2D eigenvalue weighted by Gasteiger charge is -2.27. The van der Waals surface area contributed by atoms with E-state index >= 15 is 0 Å². The average Bonchev–Trinajstić information content (AvgIpc) is 2.90. The zero-order valence-corrected chi connectivity index (χ0v) is 12.5. The largest absolute Gasteiger partial charge is 0.480 e. The lowest BCUT2D eigenvalue weighted by molar-refractivity contribution is -0.140. The van der Waals surface area contributed by atoms with Crippen molar-refractivity contribution in [1.82, 2.24) is 9.80 Å². The number of nitrogens with zero attached hydrogens (tertiary/aromatic N) is 2. The number of aliphatic carboxylic acids is 1. The van der Waals surface area contributed by atoms with Crippen molar-refractivity contribution in [1.29, 1.82) is 0 Å². The van der Waals surface area contributed by atoms with Gasteiger partial charge in [0.25, 0.3) is 0 Å². The number of rotatable bonds is 3. The van der Waals surface area contributed by atoms with Crippen LogP contribution in [0.1, 0.15) is 5.56 Å². The number of benzene rings is 1. The minimum absolute atomic E-state index is 0.266. The maximum Gasteiger partial charge on any atom is 0.327 e. The van der Waals surface area contributed by atoms with Crippen molar-refractivity contribution in [3.8, 4) is 0 Å². The maximum absolute atomic E-state index is 12.3. The van der Waals surface area contributed by atoms with Crippen LogP contribution in [0.3, 0.4) is 0 Å². The maximum atomic E-state index is 12.3. The first-order chi connectivity index (χ1) is 9.49. The molecule has 1 saturated heterocycles. The molecule has 2 amide bonds. The molecule has 0 saturated carbocycles. The number of hydrogen-bond acceptors (Lipinski definition) is 3. The van der Waals surface area contributed by atoms with E-state index in [9.17, 15) is 9.59 Å². The molecular weight excluding hydrogens is 300 g/mol. The Morgan fingerprint density at radius 1 is 1.45 bits per heavy atom. The topological polar surface area (TPSA) is 60.9 Å². The highest BCUT2D eigenvalue weighted by Crippen LogP contribution is 2.22. The van der Waals surface area contributed by atoms with Crippen LogP contribution in [-0.4, -0.2) is 51.6 Å². The fraction of sp³-hybridized carbons (Fsp3) is 0.385. The van der Waals surface area contributed by atoms with Gasteiger partial charge in [-0.15, -0.1) is 11.8 Å². The van der Waals surface area contributed by atoms with Crippen LogP contribution >= 0.6 is 23.4 Å². The van der Waals surface area contributed by atoms with Gasteiger partial charge in [0.15, 0.2) is 0 Å². The number of hydrogen-bond donors (Lipinski definition) is 1. The molecule has 1 fully saturated rings. The normalized spacial score (nSPS) is 18.1. The van der Waals surface area contributed by atoms with Crippen LogP contribution in [0.2, 0.25) is 5.02 Å². The van der Waals surface area contributed by atoms with E-state index in [1.54, 1.807) is 19.2 Å². The van der Waals surface area contributed by atoms with Crippen molar-refractivity contribution < 1.29 is 14.7 Å². The zero-order valence-electron chi connectivity index (χ0n) is 11.0. The Balaban J connectivity index is 2.01. The second-order valence-corrected chi connectivity index (χ2v) is 6.03. The quantitative estimate of drug-likeness (QED) is 0.930. The minimum Gasteiger partial charge on any atom is -0.480 e. The van der Waals surface area contributed by atoms with Crippen molar-refractivity contribution in [3.05, 3.63) is 34.9 Å². The first-order valence-corrected chi connectivity index (χ1v) is 7.59. The van der Waals surface area contributed by atoms with Crippen molar-refractivity contribution in [2.75, 3.05) is 18.7 Å². The molecule has 0 radical (unpaired) electrons. The van der Waals surface area contributed by atoms with Gasteiger partial charge in [-0.25, -0.2) is 9.59 Å². The molecule has 108 valence electrons. The summed E-state index contributed by atoms with van der Waals surface area (Å²) >= 11 is 7.26. The number of carbonyl (C=O) groups is 2. The average molecular weight is 315 g/mol. The highest BCUT2D eigenvalue weighted by atomic mass is 35.5. The van der Waals surface area contributed by atoms with Gasteiger partial charge in [0, 0.05) is 24.4 Å².